The molecule has 3 heterocycles. The van der Waals surface area contributed by atoms with Crippen molar-refractivity contribution in [3.05, 3.63) is 60.3 Å². The fraction of sp³-hybridized carbons (Fsp3) is 0.581. The Morgan fingerprint density at radius 2 is 1.97 bits per heavy atom. The van der Waals surface area contributed by atoms with Crippen LogP contribution in [0.15, 0.2) is 60.3 Å². The molecule has 36 heavy (non-hydrogen) atoms. The van der Waals surface area contributed by atoms with E-state index in [4.69, 9.17) is 9.47 Å². The Balaban J connectivity index is 1.71. The lowest BCUT2D eigenvalue weighted by atomic mass is 9.90. The summed E-state index contributed by atoms with van der Waals surface area (Å²) in [6, 6.07) is 0. The lowest BCUT2D eigenvalue weighted by Crippen LogP contribution is -2.26. The van der Waals surface area contributed by atoms with E-state index in [0.717, 1.165) is 31.3 Å². The molecule has 3 aliphatic rings. The predicted octanol–water partition coefficient (Wildman–Crippen LogP) is 5.00. The zero-order valence-corrected chi connectivity index (χ0v) is 21.8. The quantitative estimate of drug-likeness (QED) is 0.328. The van der Waals surface area contributed by atoms with Gasteiger partial charge < -0.3 is 19.7 Å². The van der Waals surface area contributed by atoms with Gasteiger partial charge in [-0.05, 0) is 63.2 Å². The molecule has 0 radical (unpaired) electrons. The Labute approximate surface area is 216 Å². The van der Waals surface area contributed by atoms with E-state index in [9.17, 15) is 15.0 Å². The smallest absolute Gasteiger partial charge is 0.205 e. The number of aliphatic hydroxyl groups is 2. The van der Waals surface area contributed by atoms with Crippen molar-refractivity contribution in [2.24, 2.45) is 11.8 Å². The van der Waals surface area contributed by atoms with Crippen LogP contribution >= 0.6 is 0 Å². The van der Waals surface area contributed by atoms with Gasteiger partial charge in [-0.25, -0.2) is 0 Å². The van der Waals surface area contributed by atoms with Gasteiger partial charge in [0.15, 0.2) is 0 Å². The third kappa shape index (κ3) is 10.0. The molecule has 0 saturated heterocycles. The SMILES string of the molecule is C=C1CC(O)/C=C\CC(C(O)/C=C/C2CC(C)=CCO2)CC(=O)C#CCC2C=CCC(CC(C)C1)O2. The highest BCUT2D eigenvalue weighted by atomic mass is 16.5. The van der Waals surface area contributed by atoms with Crippen molar-refractivity contribution >= 4 is 5.78 Å². The Bertz CT molecular complexity index is 930. The molecule has 0 fully saturated rings. The first-order valence-electron chi connectivity index (χ1n) is 13.3. The number of ketones is 1. The van der Waals surface area contributed by atoms with Crippen LogP contribution in [-0.2, 0) is 14.3 Å². The summed E-state index contributed by atoms with van der Waals surface area (Å²) in [4.78, 5) is 12.7. The number of carbonyl (C=O) groups excluding carboxylic acids is 1. The number of carbonyl (C=O) groups is 1. The number of ether oxygens (including phenoxy) is 2. The zero-order valence-electron chi connectivity index (χ0n) is 21.8. The first-order valence-corrected chi connectivity index (χ1v) is 13.3. The summed E-state index contributed by atoms with van der Waals surface area (Å²) in [5, 5.41) is 21.4. The third-order valence-corrected chi connectivity index (χ3v) is 6.96. The second kappa shape index (κ2) is 14.5. The normalized spacial score (nSPS) is 34.7. The average Bonchev–Trinajstić information content (AvgIpc) is 2.81. The highest BCUT2D eigenvalue weighted by Gasteiger charge is 2.22. The standard InChI is InChI=1S/C31H42O5/c1-22-15-16-35-29(19-22)13-14-31(34)25-7-4-8-26(32)18-23(2)17-24(3)20-30-12-6-11-28(36-30)10-5-9-27(33)21-25/h4,6,8,11,13-15,24-26,28-32,34H,2,7,10,12,16-21H2,1,3H3/b8-4-,14-13+. The van der Waals surface area contributed by atoms with Gasteiger partial charge in [0.05, 0.1) is 37.1 Å². The van der Waals surface area contributed by atoms with Crippen molar-refractivity contribution in [3.63, 3.8) is 0 Å². The molecule has 0 aromatic rings. The van der Waals surface area contributed by atoms with E-state index in [1.165, 1.54) is 5.57 Å². The van der Waals surface area contributed by atoms with Gasteiger partial charge in [0.1, 0.15) is 0 Å². The zero-order chi connectivity index (χ0) is 25.9. The summed E-state index contributed by atoms with van der Waals surface area (Å²) >= 11 is 0. The number of aliphatic hydroxyl groups excluding tert-OH is 2. The molecule has 0 spiro atoms. The minimum Gasteiger partial charge on any atom is -0.389 e. The van der Waals surface area contributed by atoms with Crippen molar-refractivity contribution in [2.75, 3.05) is 6.61 Å². The van der Waals surface area contributed by atoms with E-state index >= 15 is 0 Å². The minimum absolute atomic E-state index is 0.0718. The molecular weight excluding hydrogens is 452 g/mol. The Hall–Kier alpha value is -2.23. The first-order chi connectivity index (χ1) is 17.3. The van der Waals surface area contributed by atoms with Crippen LogP contribution in [0.25, 0.3) is 0 Å². The summed E-state index contributed by atoms with van der Waals surface area (Å²) in [7, 11) is 0. The van der Waals surface area contributed by atoms with E-state index in [1.807, 2.05) is 18.2 Å². The highest BCUT2D eigenvalue weighted by molar-refractivity contribution is 5.95. The van der Waals surface area contributed by atoms with Crippen LogP contribution in [0.5, 0.6) is 0 Å². The second-order valence-electron chi connectivity index (χ2n) is 10.6. The number of fused-ring (bicyclic) bond motifs is 2. The van der Waals surface area contributed by atoms with Crippen LogP contribution in [0.3, 0.4) is 0 Å². The molecule has 0 saturated carbocycles. The number of hydrogen-bond donors (Lipinski definition) is 2. The third-order valence-electron chi connectivity index (χ3n) is 6.96. The van der Waals surface area contributed by atoms with E-state index in [0.29, 0.717) is 31.8 Å². The van der Waals surface area contributed by atoms with Crippen molar-refractivity contribution in [3.8, 4) is 11.8 Å². The minimum atomic E-state index is -0.820. The molecule has 3 aliphatic heterocycles. The van der Waals surface area contributed by atoms with Crippen LogP contribution in [0.4, 0.5) is 0 Å². The van der Waals surface area contributed by atoms with Crippen LogP contribution in [0.2, 0.25) is 0 Å². The fourth-order valence-corrected chi connectivity index (χ4v) is 5.06. The molecule has 196 valence electrons. The summed E-state index contributed by atoms with van der Waals surface area (Å²) < 4.78 is 11.9. The van der Waals surface area contributed by atoms with Crippen LogP contribution in [0.1, 0.15) is 65.2 Å². The maximum absolute atomic E-state index is 12.7. The number of rotatable bonds is 3. The van der Waals surface area contributed by atoms with Gasteiger partial charge in [-0.3, -0.25) is 4.79 Å². The van der Waals surface area contributed by atoms with E-state index in [1.54, 1.807) is 12.2 Å². The Morgan fingerprint density at radius 1 is 1.17 bits per heavy atom. The molecule has 5 heteroatoms. The van der Waals surface area contributed by atoms with Gasteiger partial charge in [-0.1, -0.05) is 73.1 Å². The van der Waals surface area contributed by atoms with E-state index < -0.39 is 12.2 Å². The highest BCUT2D eigenvalue weighted by Crippen LogP contribution is 2.26. The maximum Gasteiger partial charge on any atom is 0.205 e. The molecule has 3 rings (SSSR count). The number of hydrogen-bond acceptors (Lipinski definition) is 5. The van der Waals surface area contributed by atoms with Gasteiger partial charge in [-0.15, -0.1) is 0 Å². The van der Waals surface area contributed by atoms with Crippen molar-refractivity contribution in [1.82, 2.24) is 0 Å². The molecule has 2 N–H and O–H groups in total. The molecule has 7 atom stereocenters. The van der Waals surface area contributed by atoms with E-state index in [-0.39, 0.29) is 36.4 Å². The second-order valence-corrected chi connectivity index (χ2v) is 10.6. The van der Waals surface area contributed by atoms with Crippen molar-refractivity contribution in [1.29, 1.82) is 0 Å². The van der Waals surface area contributed by atoms with Gasteiger partial charge in [0.2, 0.25) is 5.78 Å². The molecule has 0 aliphatic carbocycles. The van der Waals surface area contributed by atoms with Crippen molar-refractivity contribution in [2.45, 2.75) is 95.7 Å². The molecule has 0 aromatic carbocycles. The van der Waals surface area contributed by atoms with Crippen LogP contribution < -0.4 is 0 Å². The monoisotopic (exact) mass is 494 g/mol. The van der Waals surface area contributed by atoms with E-state index in [2.05, 4.69) is 44.4 Å². The first kappa shape index (κ1) is 28.3. The molecular formula is C31H42O5. The van der Waals surface area contributed by atoms with Gasteiger partial charge in [-0.2, -0.15) is 0 Å². The predicted molar refractivity (Wildman–Crippen MR) is 143 cm³/mol. The Morgan fingerprint density at radius 3 is 2.78 bits per heavy atom. The molecule has 2 bridgehead atoms. The lowest BCUT2D eigenvalue weighted by molar-refractivity contribution is -0.115. The molecule has 5 nitrogen and oxygen atoms in total. The average molecular weight is 495 g/mol. The summed E-state index contributed by atoms with van der Waals surface area (Å²) in [6.07, 6.45) is 16.9. The van der Waals surface area contributed by atoms with Crippen LogP contribution in [-0.4, -0.2) is 53.1 Å². The van der Waals surface area contributed by atoms with Gasteiger partial charge in [0, 0.05) is 12.8 Å². The Kier molecular flexibility index (Phi) is 11.4. The van der Waals surface area contributed by atoms with Crippen LogP contribution in [0, 0.1) is 23.7 Å². The summed E-state index contributed by atoms with van der Waals surface area (Å²) in [5.41, 5.74) is 2.28. The molecule has 0 aromatic heterocycles. The molecule has 0 amide bonds. The summed E-state index contributed by atoms with van der Waals surface area (Å²) in [5.74, 6) is 5.60. The fourth-order valence-electron chi connectivity index (χ4n) is 5.06. The van der Waals surface area contributed by atoms with Gasteiger partial charge in [0.25, 0.3) is 0 Å². The number of Topliss-reactive ketones (excluding diaryl/α,β-unsaturated/α-hetero) is 1. The van der Waals surface area contributed by atoms with Crippen molar-refractivity contribution < 1.29 is 24.5 Å². The topological polar surface area (TPSA) is 76.0 Å². The number of allylic oxidation sites excluding steroid dienone is 1. The van der Waals surface area contributed by atoms with Gasteiger partial charge >= 0.3 is 0 Å². The molecule has 7 unspecified atom stereocenters. The largest absolute Gasteiger partial charge is 0.389 e. The maximum atomic E-state index is 12.7. The summed E-state index contributed by atoms with van der Waals surface area (Å²) in [6.45, 7) is 9.01. The lowest BCUT2D eigenvalue weighted by Gasteiger charge is -2.27.